The minimum atomic E-state index is -5.12. The number of hydrogen-bond donors (Lipinski definition) is 3. The molecule has 2 rings (SSSR count). The van der Waals surface area contributed by atoms with Crippen LogP contribution in [-0.2, 0) is 31.6 Å². The number of nitrogens with one attached hydrogen (secondary N) is 1. The summed E-state index contributed by atoms with van der Waals surface area (Å²) in [6.07, 6.45) is -3.26. The maximum atomic E-state index is 14.1. The van der Waals surface area contributed by atoms with Crippen molar-refractivity contribution in [1.29, 1.82) is 0 Å². The van der Waals surface area contributed by atoms with Gasteiger partial charge in [0.15, 0.2) is 0 Å². The molecule has 0 radical (unpaired) electrons. The molecule has 1 aromatic rings. The minimum absolute atomic E-state index is 0.0122. The molecule has 150 valence electrons. The van der Waals surface area contributed by atoms with Crippen LogP contribution in [0.4, 0.5) is 4.39 Å². The molecule has 0 spiro atoms. The van der Waals surface area contributed by atoms with E-state index in [9.17, 15) is 27.7 Å². The van der Waals surface area contributed by atoms with Crippen LogP contribution in [0.15, 0.2) is 20.3 Å². The normalized spacial score (nSPS) is 25.9. The summed E-state index contributed by atoms with van der Waals surface area (Å²) < 4.78 is 65.3. The van der Waals surface area contributed by atoms with Gasteiger partial charge < -0.3 is 4.74 Å². The molecule has 1 saturated heterocycles. The van der Waals surface area contributed by atoms with Crippen LogP contribution in [0.5, 0.6) is 0 Å². The number of aromatic amines is 1. The molecule has 0 saturated carbocycles. The molecule has 6 unspecified atom stereocenters. The number of nitrogens with zero attached hydrogens (tertiary/aromatic N) is 1. The fourth-order valence-electron chi connectivity index (χ4n) is 2.03. The number of halogens is 2. The summed E-state index contributed by atoms with van der Waals surface area (Å²) in [6, 6.07) is 0. The van der Waals surface area contributed by atoms with Crippen LogP contribution in [0.2, 0.25) is 0 Å². The fourth-order valence-corrected chi connectivity index (χ4v) is 4.57. The maximum absolute atomic E-state index is 14.1. The first kappa shape index (κ1) is 22.6. The van der Waals surface area contributed by atoms with Gasteiger partial charge in [-0.05, 0) is 15.9 Å². The Morgan fingerprint density at radius 3 is 2.74 bits per heavy atom. The van der Waals surface area contributed by atoms with Crippen molar-refractivity contribution < 1.29 is 45.8 Å². The third-order valence-electron chi connectivity index (χ3n) is 3.08. The molecule has 0 bridgehead atoms. The quantitative estimate of drug-likeness (QED) is 0.425. The first-order valence-corrected chi connectivity index (χ1v) is 11.3. The van der Waals surface area contributed by atoms with Gasteiger partial charge in [0.05, 0.1) is 4.47 Å². The van der Waals surface area contributed by atoms with Gasteiger partial charge in [-0.3, -0.25) is 19.2 Å². The van der Waals surface area contributed by atoms with Crippen LogP contribution in [-0.4, -0.2) is 38.2 Å². The number of rotatable bonds is 8. The van der Waals surface area contributed by atoms with Crippen molar-refractivity contribution in [3.63, 3.8) is 0 Å². The third-order valence-corrected chi connectivity index (χ3v) is 6.75. The second kappa shape index (κ2) is 9.19. The molecule has 3 N–H and O–H groups in total. The maximum Gasteiger partial charge on any atom is 0.708 e. The Morgan fingerprint density at radius 2 is 2.11 bits per heavy atom. The monoisotopic (exact) mass is 514 g/mol. The average Bonchev–Trinajstić information content (AvgIpc) is 2.87. The van der Waals surface area contributed by atoms with Crippen LogP contribution in [0, 0.1) is 0 Å². The summed E-state index contributed by atoms with van der Waals surface area (Å²) in [5, 5.41) is 0. The Hall–Kier alpha value is -0.720. The highest BCUT2D eigenvalue weighted by Gasteiger charge is 2.46. The van der Waals surface area contributed by atoms with Crippen molar-refractivity contribution in [3.8, 4) is 0 Å². The first-order chi connectivity index (χ1) is 12.5. The molecule has 1 fully saturated rings. The van der Waals surface area contributed by atoms with E-state index in [-0.39, 0.29) is 10.9 Å². The summed E-state index contributed by atoms with van der Waals surface area (Å²) in [7, 11) is -11.9. The Labute approximate surface area is 159 Å². The third kappa shape index (κ3) is 6.40. The van der Waals surface area contributed by atoms with E-state index in [1.807, 2.05) is 4.98 Å². The lowest BCUT2D eigenvalue weighted by molar-refractivity contribution is -0.0310. The lowest BCUT2D eigenvalue weighted by Crippen LogP contribution is -2.32. The molecule has 1 aliphatic heterocycles. The number of alkyl halides is 1. The molecule has 6 atom stereocenters. The van der Waals surface area contributed by atoms with Crippen molar-refractivity contribution in [2.24, 2.45) is 0 Å². The van der Waals surface area contributed by atoms with Gasteiger partial charge in [0.1, 0.15) is 25.1 Å². The van der Waals surface area contributed by atoms with Crippen LogP contribution in [0.25, 0.3) is 0 Å². The number of H-pyrrole nitrogens is 1. The predicted molar refractivity (Wildman–Crippen MR) is 87.8 cm³/mol. The molecular weight excluding hydrogens is 504 g/mol. The van der Waals surface area contributed by atoms with Crippen molar-refractivity contribution in [2.75, 3.05) is 6.61 Å². The molecular formula is C9H11BrFN2O11P3+2. The van der Waals surface area contributed by atoms with Crippen LogP contribution < -0.4 is 11.2 Å². The van der Waals surface area contributed by atoms with E-state index >= 15 is 0 Å². The van der Waals surface area contributed by atoms with Gasteiger partial charge in [-0.25, -0.2) is 13.8 Å². The van der Waals surface area contributed by atoms with Crippen molar-refractivity contribution >= 4 is 40.3 Å². The smallest absolute Gasteiger partial charge is 0.349 e. The van der Waals surface area contributed by atoms with Gasteiger partial charge in [-0.2, -0.15) is 0 Å². The molecule has 0 amide bonds. The summed E-state index contributed by atoms with van der Waals surface area (Å²) in [4.78, 5) is 42.4. The Balaban J connectivity index is 1.96. The van der Waals surface area contributed by atoms with E-state index in [2.05, 4.69) is 29.1 Å². The van der Waals surface area contributed by atoms with Crippen LogP contribution in [0.3, 0.4) is 0 Å². The summed E-state index contributed by atoms with van der Waals surface area (Å²) in [6.45, 7) is -0.697. The molecule has 0 aliphatic carbocycles. The second-order valence-corrected chi connectivity index (χ2v) is 9.19. The SMILES string of the molecule is O=c1[nH]c(=O)n(C2CC(F)C(CO[P+](=O)OP(=O)(O)O[P+](=O)O)O2)cc1Br. The number of aromatic nitrogens is 2. The lowest BCUT2D eigenvalue weighted by Gasteiger charge is -2.14. The standard InChI is InChI=1S/C9H9BrFN2O11P3/c10-4-2-13(9(15)12-8(4)14)7-1-5(11)6(22-7)3-21-26(18)24-27(19,20)23-25(16)17/h2,5-7H,1,3H2,(H-2,12,14,15,16,17,19,20)/p+2. The number of hydrogen-bond acceptors (Lipinski definition) is 9. The van der Waals surface area contributed by atoms with Crippen molar-refractivity contribution in [1.82, 2.24) is 9.55 Å². The van der Waals surface area contributed by atoms with Gasteiger partial charge in [-0.1, -0.05) is 0 Å². The molecule has 18 heteroatoms. The Morgan fingerprint density at radius 1 is 1.44 bits per heavy atom. The molecule has 1 aliphatic rings. The second-order valence-electron chi connectivity index (χ2n) is 4.91. The van der Waals surface area contributed by atoms with E-state index in [4.69, 9.17) is 14.5 Å². The average molecular weight is 515 g/mol. The van der Waals surface area contributed by atoms with E-state index in [0.717, 1.165) is 10.8 Å². The van der Waals surface area contributed by atoms with E-state index < -0.39 is 60.7 Å². The first-order valence-electron chi connectivity index (χ1n) is 6.77. The van der Waals surface area contributed by atoms with Crippen molar-refractivity contribution in [2.45, 2.75) is 24.9 Å². The Kier molecular flexibility index (Phi) is 7.68. The molecule has 27 heavy (non-hydrogen) atoms. The molecule has 0 aromatic carbocycles. The zero-order chi connectivity index (χ0) is 20.4. The Bertz CT molecular complexity index is 906. The molecule has 1 aromatic heterocycles. The van der Waals surface area contributed by atoms with Crippen LogP contribution >= 0.6 is 40.3 Å². The summed E-state index contributed by atoms with van der Waals surface area (Å²) in [5.41, 5.74) is -1.52. The molecule has 2 heterocycles. The minimum Gasteiger partial charge on any atom is -0.349 e. The van der Waals surface area contributed by atoms with E-state index in [0.29, 0.717) is 0 Å². The number of phosphoric acid groups is 1. The van der Waals surface area contributed by atoms with Gasteiger partial charge in [0.25, 0.3) is 5.56 Å². The zero-order valence-corrected chi connectivity index (χ0v) is 17.1. The van der Waals surface area contributed by atoms with Gasteiger partial charge in [0.2, 0.25) is 0 Å². The largest absolute Gasteiger partial charge is 0.708 e. The lowest BCUT2D eigenvalue weighted by atomic mass is 10.2. The van der Waals surface area contributed by atoms with Crippen LogP contribution in [0.1, 0.15) is 12.6 Å². The highest BCUT2D eigenvalue weighted by atomic mass is 79.9. The van der Waals surface area contributed by atoms with E-state index in [1.165, 1.54) is 0 Å². The topological polar surface area (TPSA) is 183 Å². The highest BCUT2D eigenvalue weighted by molar-refractivity contribution is 9.10. The number of ether oxygens (including phenoxy) is 1. The summed E-state index contributed by atoms with van der Waals surface area (Å²) >= 11 is 2.92. The molecule has 13 nitrogen and oxygen atoms in total. The fraction of sp³-hybridized carbons (Fsp3) is 0.556. The zero-order valence-electron chi connectivity index (χ0n) is 12.8. The van der Waals surface area contributed by atoms with Gasteiger partial charge >= 0.3 is 30.0 Å². The highest BCUT2D eigenvalue weighted by Crippen LogP contribution is 2.57. The summed E-state index contributed by atoms with van der Waals surface area (Å²) in [5.74, 6) is 0. The van der Waals surface area contributed by atoms with E-state index in [1.54, 1.807) is 0 Å². The predicted octanol–water partition coefficient (Wildman–Crippen LogP) is 1.38. The van der Waals surface area contributed by atoms with Gasteiger partial charge in [0, 0.05) is 30.4 Å². The van der Waals surface area contributed by atoms with Crippen molar-refractivity contribution in [3.05, 3.63) is 31.5 Å². The van der Waals surface area contributed by atoms with Gasteiger partial charge in [-0.15, -0.1) is 9.42 Å².